The van der Waals surface area contributed by atoms with Crippen LogP contribution < -0.4 is 14.8 Å². The highest BCUT2D eigenvalue weighted by Gasteiger charge is 2.13. The fraction of sp³-hybridized carbons (Fsp3) is 0.278. The molecule has 0 aliphatic rings. The Labute approximate surface area is 131 Å². The molecule has 2 rings (SSSR count). The van der Waals surface area contributed by atoms with Gasteiger partial charge in [0.25, 0.3) is 5.91 Å². The first kappa shape index (κ1) is 15.9. The zero-order chi connectivity index (χ0) is 15.9. The van der Waals surface area contributed by atoms with Gasteiger partial charge in [-0.15, -0.1) is 0 Å². The van der Waals surface area contributed by atoms with E-state index >= 15 is 0 Å². The monoisotopic (exact) mass is 299 g/mol. The van der Waals surface area contributed by atoms with Gasteiger partial charge in [-0.05, 0) is 36.2 Å². The SMILES string of the molecule is CCCc1ccc(NC(=O)c2ccc(OC)cc2OC)cc1. The first-order valence-corrected chi connectivity index (χ1v) is 7.30. The number of aryl methyl sites for hydroxylation is 1. The highest BCUT2D eigenvalue weighted by Crippen LogP contribution is 2.25. The van der Waals surface area contributed by atoms with Gasteiger partial charge in [0.15, 0.2) is 0 Å². The number of anilines is 1. The molecule has 0 heterocycles. The topological polar surface area (TPSA) is 47.6 Å². The number of benzene rings is 2. The quantitative estimate of drug-likeness (QED) is 0.879. The molecule has 2 aromatic carbocycles. The van der Waals surface area contributed by atoms with E-state index in [1.807, 2.05) is 24.3 Å². The second-order valence-electron chi connectivity index (χ2n) is 4.97. The number of methoxy groups -OCH3 is 2. The summed E-state index contributed by atoms with van der Waals surface area (Å²) >= 11 is 0. The maximum atomic E-state index is 12.4. The van der Waals surface area contributed by atoms with Crippen LogP contribution in [0, 0.1) is 0 Å². The van der Waals surface area contributed by atoms with Crippen molar-refractivity contribution in [3.05, 3.63) is 53.6 Å². The van der Waals surface area contributed by atoms with Crippen molar-refractivity contribution in [1.29, 1.82) is 0 Å². The predicted octanol–water partition coefficient (Wildman–Crippen LogP) is 3.91. The lowest BCUT2D eigenvalue weighted by molar-refractivity contribution is 0.102. The van der Waals surface area contributed by atoms with Crippen molar-refractivity contribution in [3.8, 4) is 11.5 Å². The minimum Gasteiger partial charge on any atom is -0.497 e. The lowest BCUT2D eigenvalue weighted by atomic mass is 10.1. The summed E-state index contributed by atoms with van der Waals surface area (Å²) in [6.07, 6.45) is 2.15. The van der Waals surface area contributed by atoms with Crippen molar-refractivity contribution in [2.75, 3.05) is 19.5 Å². The third kappa shape index (κ3) is 3.79. The summed E-state index contributed by atoms with van der Waals surface area (Å²) in [5.74, 6) is 0.930. The number of hydrogen-bond donors (Lipinski definition) is 1. The van der Waals surface area contributed by atoms with Gasteiger partial charge in [-0.3, -0.25) is 4.79 Å². The molecule has 4 nitrogen and oxygen atoms in total. The van der Waals surface area contributed by atoms with Gasteiger partial charge < -0.3 is 14.8 Å². The normalized spacial score (nSPS) is 10.1. The Balaban J connectivity index is 2.14. The van der Waals surface area contributed by atoms with Crippen molar-refractivity contribution >= 4 is 11.6 Å². The number of carbonyl (C=O) groups is 1. The van der Waals surface area contributed by atoms with Crippen LogP contribution in [-0.4, -0.2) is 20.1 Å². The van der Waals surface area contributed by atoms with Gasteiger partial charge in [0.2, 0.25) is 0 Å². The third-order valence-electron chi connectivity index (χ3n) is 3.40. The van der Waals surface area contributed by atoms with Crippen LogP contribution in [0.15, 0.2) is 42.5 Å². The molecule has 0 radical (unpaired) electrons. The summed E-state index contributed by atoms with van der Waals surface area (Å²) in [7, 11) is 3.11. The molecule has 0 fully saturated rings. The van der Waals surface area contributed by atoms with Crippen LogP contribution >= 0.6 is 0 Å². The second kappa shape index (κ2) is 7.50. The molecule has 2 aromatic rings. The van der Waals surface area contributed by atoms with Gasteiger partial charge in [-0.25, -0.2) is 0 Å². The largest absolute Gasteiger partial charge is 0.497 e. The summed E-state index contributed by atoms with van der Waals surface area (Å²) in [6.45, 7) is 2.14. The highest BCUT2D eigenvalue weighted by molar-refractivity contribution is 6.06. The van der Waals surface area contributed by atoms with E-state index in [0.29, 0.717) is 17.1 Å². The Morgan fingerprint density at radius 1 is 1.05 bits per heavy atom. The van der Waals surface area contributed by atoms with Crippen molar-refractivity contribution in [2.45, 2.75) is 19.8 Å². The van der Waals surface area contributed by atoms with Crippen LogP contribution in [0.2, 0.25) is 0 Å². The number of amides is 1. The van der Waals surface area contributed by atoms with E-state index in [4.69, 9.17) is 9.47 Å². The maximum absolute atomic E-state index is 12.4. The molecule has 0 aliphatic carbocycles. The van der Waals surface area contributed by atoms with E-state index < -0.39 is 0 Å². The van der Waals surface area contributed by atoms with E-state index in [1.165, 1.54) is 12.7 Å². The standard InChI is InChI=1S/C18H21NO3/c1-4-5-13-6-8-14(9-7-13)19-18(20)16-11-10-15(21-2)12-17(16)22-3/h6-12H,4-5H2,1-3H3,(H,19,20). The molecule has 0 bridgehead atoms. The lowest BCUT2D eigenvalue weighted by Gasteiger charge is -2.11. The molecule has 0 aliphatic heterocycles. The molecule has 0 spiro atoms. The smallest absolute Gasteiger partial charge is 0.259 e. The lowest BCUT2D eigenvalue weighted by Crippen LogP contribution is -2.13. The van der Waals surface area contributed by atoms with E-state index in [1.54, 1.807) is 25.3 Å². The molecule has 1 N–H and O–H groups in total. The Kier molecular flexibility index (Phi) is 5.42. The maximum Gasteiger partial charge on any atom is 0.259 e. The van der Waals surface area contributed by atoms with Crippen LogP contribution in [0.25, 0.3) is 0 Å². The number of ether oxygens (including phenoxy) is 2. The Morgan fingerprint density at radius 3 is 2.36 bits per heavy atom. The molecular weight excluding hydrogens is 278 g/mol. The second-order valence-corrected chi connectivity index (χ2v) is 4.97. The Bertz CT molecular complexity index is 635. The van der Waals surface area contributed by atoms with E-state index in [9.17, 15) is 4.79 Å². The first-order valence-electron chi connectivity index (χ1n) is 7.30. The summed E-state index contributed by atoms with van der Waals surface area (Å²) in [6, 6.07) is 13.0. The van der Waals surface area contributed by atoms with E-state index in [-0.39, 0.29) is 5.91 Å². The van der Waals surface area contributed by atoms with Crippen LogP contribution in [-0.2, 0) is 6.42 Å². The number of hydrogen-bond acceptors (Lipinski definition) is 3. The minimum absolute atomic E-state index is 0.206. The number of nitrogens with one attached hydrogen (secondary N) is 1. The zero-order valence-electron chi connectivity index (χ0n) is 13.2. The van der Waals surface area contributed by atoms with Gasteiger partial charge >= 0.3 is 0 Å². The van der Waals surface area contributed by atoms with Crippen molar-refractivity contribution in [2.24, 2.45) is 0 Å². The number of rotatable bonds is 6. The molecule has 4 heteroatoms. The molecule has 0 atom stereocenters. The summed E-state index contributed by atoms with van der Waals surface area (Å²) in [5, 5.41) is 2.88. The summed E-state index contributed by atoms with van der Waals surface area (Å²) in [5.41, 5.74) is 2.51. The van der Waals surface area contributed by atoms with Crippen LogP contribution in [0.4, 0.5) is 5.69 Å². The van der Waals surface area contributed by atoms with Gasteiger partial charge in [-0.1, -0.05) is 25.5 Å². The molecule has 0 unspecified atom stereocenters. The zero-order valence-corrected chi connectivity index (χ0v) is 13.2. The van der Waals surface area contributed by atoms with Gasteiger partial charge in [-0.2, -0.15) is 0 Å². The molecule has 116 valence electrons. The summed E-state index contributed by atoms with van der Waals surface area (Å²) in [4.78, 5) is 12.4. The van der Waals surface area contributed by atoms with Crippen LogP contribution in [0.5, 0.6) is 11.5 Å². The van der Waals surface area contributed by atoms with E-state index in [0.717, 1.165) is 18.5 Å². The molecular formula is C18H21NO3. The average molecular weight is 299 g/mol. The molecule has 0 aromatic heterocycles. The molecule has 0 saturated heterocycles. The van der Waals surface area contributed by atoms with Crippen molar-refractivity contribution in [3.63, 3.8) is 0 Å². The molecule has 1 amide bonds. The Morgan fingerprint density at radius 2 is 1.77 bits per heavy atom. The highest BCUT2D eigenvalue weighted by atomic mass is 16.5. The first-order chi connectivity index (χ1) is 10.7. The van der Waals surface area contributed by atoms with Gasteiger partial charge in [0, 0.05) is 11.8 Å². The van der Waals surface area contributed by atoms with Crippen LogP contribution in [0.3, 0.4) is 0 Å². The third-order valence-corrected chi connectivity index (χ3v) is 3.40. The number of carbonyl (C=O) groups excluding carboxylic acids is 1. The van der Waals surface area contributed by atoms with E-state index in [2.05, 4.69) is 12.2 Å². The molecule has 22 heavy (non-hydrogen) atoms. The van der Waals surface area contributed by atoms with Crippen LogP contribution in [0.1, 0.15) is 29.3 Å². The van der Waals surface area contributed by atoms with Gasteiger partial charge in [0.05, 0.1) is 19.8 Å². The fourth-order valence-electron chi connectivity index (χ4n) is 2.23. The summed E-state index contributed by atoms with van der Waals surface area (Å²) < 4.78 is 10.4. The average Bonchev–Trinajstić information content (AvgIpc) is 2.56. The predicted molar refractivity (Wildman–Crippen MR) is 87.9 cm³/mol. The van der Waals surface area contributed by atoms with Crippen molar-refractivity contribution in [1.82, 2.24) is 0 Å². The minimum atomic E-state index is -0.206. The van der Waals surface area contributed by atoms with Crippen molar-refractivity contribution < 1.29 is 14.3 Å². The molecule has 0 saturated carbocycles. The fourth-order valence-corrected chi connectivity index (χ4v) is 2.23. The Hall–Kier alpha value is -2.49. The van der Waals surface area contributed by atoms with Gasteiger partial charge in [0.1, 0.15) is 11.5 Å².